The van der Waals surface area contributed by atoms with Gasteiger partial charge in [-0.2, -0.15) is 0 Å². The molecule has 3 N–H and O–H groups in total. The van der Waals surface area contributed by atoms with Crippen LogP contribution in [0.1, 0.15) is 13.8 Å². The molecular weight excluding hydrogens is 378 g/mol. The van der Waals surface area contributed by atoms with Gasteiger partial charge in [-0.1, -0.05) is 23.2 Å². The summed E-state index contributed by atoms with van der Waals surface area (Å²) in [5.74, 6) is -7.84. The van der Waals surface area contributed by atoms with E-state index < -0.39 is 46.5 Å². The number of halogens is 3. The minimum Gasteiger partial charge on any atom is -0.477 e. The maximum absolute atomic E-state index is 11.4. The molecule has 2 fully saturated rings. The molecule has 2 heterocycles. The quantitative estimate of drug-likeness (QED) is 0.587. The van der Waals surface area contributed by atoms with E-state index in [1.54, 1.807) is 0 Å². The van der Waals surface area contributed by atoms with Crippen molar-refractivity contribution in [2.45, 2.75) is 54.4 Å². The number of ether oxygens (including phenoxy) is 4. The van der Waals surface area contributed by atoms with E-state index in [2.05, 4.69) is 0 Å². The summed E-state index contributed by atoms with van der Waals surface area (Å²) in [6.45, 7) is 2.52. The fraction of sp³-hybridized carbons (Fsp3) is 0.917. The molecule has 0 amide bonds. The first-order valence-electron chi connectivity index (χ1n) is 6.65. The zero-order valence-corrected chi connectivity index (χ0v) is 14.5. The van der Waals surface area contributed by atoms with Gasteiger partial charge in [-0.15, -0.1) is 11.6 Å². The minimum atomic E-state index is -2.74. The van der Waals surface area contributed by atoms with Gasteiger partial charge in [0.2, 0.25) is 5.79 Å². The number of alkyl halides is 3. The van der Waals surface area contributed by atoms with Gasteiger partial charge in [0.15, 0.2) is 16.7 Å². The molecule has 2 rings (SSSR count). The van der Waals surface area contributed by atoms with Gasteiger partial charge in [0, 0.05) is 0 Å². The van der Waals surface area contributed by atoms with Gasteiger partial charge in [-0.05, 0) is 13.8 Å². The molecule has 0 aromatic heterocycles. The average molecular weight is 396 g/mol. The maximum atomic E-state index is 11.4. The van der Waals surface area contributed by atoms with Crippen molar-refractivity contribution in [3.05, 3.63) is 0 Å². The minimum absolute atomic E-state index is 0.295. The second kappa shape index (κ2) is 6.44. The number of hydrogen-bond donors (Lipinski definition) is 3. The Morgan fingerprint density at radius 3 is 2.43 bits per heavy atom. The first kappa shape index (κ1) is 19.4. The fourth-order valence-corrected chi connectivity index (χ4v) is 3.30. The summed E-state index contributed by atoms with van der Waals surface area (Å²) >= 11 is 17.4. The van der Waals surface area contributed by atoms with Crippen molar-refractivity contribution >= 4 is 40.8 Å². The van der Waals surface area contributed by atoms with Crippen LogP contribution in [0.3, 0.4) is 0 Å². The number of hydrogen-bond acceptors (Lipinski definition) is 7. The third-order valence-corrected chi connectivity index (χ3v) is 4.57. The van der Waals surface area contributed by atoms with Crippen molar-refractivity contribution < 1.29 is 39.1 Å². The van der Waals surface area contributed by atoms with E-state index in [9.17, 15) is 20.1 Å². The van der Waals surface area contributed by atoms with Gasteiger partial charge in [0.25, 0.3) is 5.79 Å². The summed E-state index contributed by atoms with van der Waals surface area (Å²) in [4.78, 5) is 10.2. The number of aliphatic hydroxyl groups is 2. The molecule has 2 saturated heterocycles. The fourth-order valence-electron chi connectivity index (χ4n) is 2.47. The molecule has 2 aliphatic rings. The van der Waals surface area contributed by atoms with Crippen LogP contribution in [0, 0.1) is 0 Å². The second-order valence-corrected chi connectivity index (χ2v) is 7.11. The molecule has 0 aliphatic carbocycles. The van der Waals surface area contributed by atoms with Crippen LogP contribution in [0.25, 0.3) is 0 Å². The number of carbonyl (C=O) groups is 1. The van der Waals surface area contributed by atoms with E-state index in [1.165, 1.54) is 13.8 Å². The number of aliphatic hydroxyl groups excluding tert-OH is 1. The predicted molar refractivity (Wildman–Crippen MR) is 78.4 cm³/mol. The van der Waals surface area contributed by atoms with Gasteiger partial charge in [0.05, 0.1) is 12.5 Å². The molecular formula is C12H17Cl3O8. The smallest absolute Gasteiger partial charge is 0.367 e. The molecule has 0 saturated carbocycles. The molecule has 134 valence electrons. The van der Waals surface area contributed by atoms with Crippen LogP contribution in [-0.4, -0.2) is 74.3 Å². The molecule has 2 aliphatic heterocycles. The lowest BCUT2D eigenvalue weighted by Gasteiger charge is -2.45. The van der Waals surface area contributed by atoms with Crippen molar-refractivity contribution in [3.8, 4) is 0 Å². The second-order valence-electron chi connectivity index (χ2n) is 5.75. The zero-order valence-electron chi connectivity index (χ0n) is 12.2. The van der Waals surface area contributed by atoms with Crippen LogP contribution >= 0.6 is 34.8 Å². The summed E-state index contributed by atoms with van der Waals surface area (Å²) in [5.41, 5.74) is 0. The summed E-state index contributed by atoms with van der Waals surface area (Å²) in [6, 6.07) is 0. The Morgan fingerprint density at radius 1 is 1.35 bits per heavy atom. The Labute approximate surface area is 147 Å². The Hall–Kier alpha value is 0.1000. The van der Waals surface area contributed by atoms with Crippen molar-refractivity contribution in [2.24, 2.45) is 0 Å². The third kappa shape index (κ3) is 3.42. The van der Waals surface area contributed by atoms with E-state index in [4.69, 9.17) is 53.8 Å². The lowest BCUT2D eigenvalue weighted by molar-refractivity contribution is -0.330. The zero-order chi connectivity index (χ0) is 17.6. The van der Waals surface area contributed by atoms with Crippen molar-refractivity contribution in [2.75, 3.05) is 12.5 Å². The molecule has 0 aromatic rings. The molecule has 11 heteroatoms. The highest BCUT2D eigenvalue weighted by Crippen LogP contribution is 2.42. The Balaban J connectivity index is 2.35. The van der Waals surface area contributed by atoms with Crippen molar-refractivity contribution in [3.63, 3.8) is 0 Å². The van der Waals surface area contributed by atoms with E-state index in [-0.39, 0.29) is 12.5 Å². The van der Waals surface area contributed by atoms with Crippen LogP contribution in [0.2, 0.25) is 0 Å². The molecule has 23 heavy (non-hydrogen) atoms. The summed E-state index contributed by atoms with van der Waals surface area (Å²) in [7, 11) is 0. The van der Waals surface area contributed by atoms with Gasteiger partial charge in [-0.3, -0.25) is 0 Å². The molecule has 0 aromatic carbocycles. The lowest BCUT2D eigenvalue weighted by atomic mass is 9.98. The standard InChI is InChI=1S/C12H17Cl3O8/c1-10(2)22-7(12(19,23-10)9(17)18)6-5(16)3-20-11(4-13,21-6)8(14)15/h5-8,16,19H,3-4H2,1-2H3,(H,17,18)/t5-,6+,7-,11?,12-/m0/s1. The number of carboxylic acid groups (broad SMARTS) is 1. The van der Waals surface area contributed by atoms with Gasteiger partial charge < -0.3 is 34.3 Å². The highest BCUT2D eigenvalue weighted by molar-refractivity contribution is 6.45. The van der Waals surface area contributed by atoms with Gasteiger partial charge in [0.1, 0.15) is 12.2 Å². The van der Waals surface area contributed by atoms with Crippen LogP contribution in [-0.2, 0) is 23.7 Å². The maximum Gasteiger partial charge on any atom is 0.367 e. The first-order chi connectivity index (χ1) is 10.5. The molecule has 0 spiro atoms. The average Bonchev–Trinajstić information content (AvgIpc) is 2.70. The lowest BCUT2D eigenvalue weighted by Crippen LogP contribution is -2.64. The van der Waals surface area contributed by atoms with Gasteiger partial charge >= 0.3 is 5.97 Å². The highest BCUT2D eigenvalue weighted by Gasteiger charge is 2.64. The normalized spacial score (nSPS) is 43.7. The molecule has 8 nitrogen and oxygen atoms in total. The number of aliphatic carboxylic acids is 1. The monoisotopic (exact) mass is 394 g/mol. The van der Waals surface area contributed by atoms with E-state index in [0.29, 0.717) is 0 Å². The van der Waals surface area contributed by atoms with E-state index >= 15 is 0 Å². The molecule has 0 radical (unpaired) electrons. The molecule has 1 unspecified atom stereocenters. The SMILES string of the molecule is CC1(C)O[C@@H]([C@@H]2OC(CCl)(C(Cl)Cl)OC[C@@H]2O)[C@@](O)(C(=O)O)O1. The predicted octanol–water partition coefficient (Wildman–Crippen LogP) is 0.426. The highest BCUT2D eigenvalue weighted by atomic mass is 35.5. The summed E-state index contributed by atoms with van der Waals surface area (Å²) < 4.78 is 21.3. The third-order valence-electron chi connectivity index (χ3n) is 3.53. The first-order valence-corrected chi connectivity index (χ1v) is 8.06. The van der Waals surface area contributed by atoms with Crippen LogP contribution < -0.4 is 0 Å². The van der Waals surface area contributed by atoms with Crippen LogP contribution in [0.5, 0.6) is 0 Å². The largest absolute Gasteiger partial charge is 0.477 e. The summed E-state index contributed by atoms with van der Waals surface area (Å²) in [6.07, 6.45) is -4.25. The topological polar surface area (TPSA) is 115 Å². The Morgan fingerprint density at radius 2 is 1.96 bits per heavy atom. The van der Waals surface area contributed by atoms with E-state index in [1.807, 2.05) is 0 Å². The van der Waals surface area contributed by atoms with Gasteiger partial charge in [-0.25, -0.2) is 4.79 Å². The summed E-state index contributed by atoms with van der Waals surface area (Å²) in [5, 5.41) is 29.7. The Kier molecular flexibility index (Phi) is 5.44. The number of carboxylic acids is 1. The van der Waals surface area contributed by atoms with Crippen molar-refractivity contribution in [1.82, 2.24) is 0 Å². The van der Waals surface area contributed by atoms with Crippen LogP contribution in [0.15, 0.2) is 0 Å². The molecule has 5 atom stereocenters. The Bertz CT molecular complexity index is 475. The van der Waals surface area contributed by atoms with Crippen LogP contribution in [0.4, 0.5) is 0 Å². The number of rotatable bonds is 4. The van der Waals surface area contributed by atoms with Crippen molar-refractivity contribution in [1.29, 1.82) is 0 Å². The van der Waals surface area contributed by atoms with E-state index in [0.717, 1.165) is 0 Å². The molecule has 0 bridgehead atoms.